The van der Waals surface area contributed by atoms with Gasteiger partial charge in [0.05, 0.1) is 12.6 Å². The van der Waals surface area contributed by atoms with Crippen LogP contribution in [0.2, 0.25) is 0 Å². The van der Waals surface area contributed by atoms with Crippen molar-refractivity contribution in [1.82, 2.24) is 25.8 Å². The van der Waals surface area contributed by atoms with Gasteiger partial charge in [0.1, 0.15) is 23.7 Å². The van der Waals surface area contributed by atoms with Crippen LogP contribution in [0, 0.1) is 0 Å². The molecule has 0 unspecified atom stereocenters. The molecular weight excluding hydrogens is 731 g/mol. The highest BCUT2D eigenvalue weighted by Crippen LogP contribution is 2.30. The lowest BCUT2D eigenvalue weighted by molar-refractivity contribution is -0.146. The van der Waals surface area contributed by atoms with E-state index in [0.29, 0.717) is 38.6 Å². The molecule has 2 heterocycles. The van der Waals surface area contributed by atoms with Crippen molar-refractivity contribution in [2.75, 3.05) is 13.1 Å². The second kappa shape index (κ2) is 21.2. The minimum absolute atomic E-state index is 0.0689. The molecule has 0 aromatic heterocycles. The van der Waals surface area contributed by atoms with Crippen molar-refractivity contribution in [2.45, 2.75) is 134 Å². The number of rotatable bonds is 18. The quantitative estimate of drug-likeness (QED) is 0.141. The molecule has 0 bridgehead atoms. The molecule has 0 aliphatic carbocycles. The van der Waals surface area contributed by atoms with Crippen molar-refractivity contribution in [2.24, 2.45) is 11.5 Å². The molecule has 4 atom stereocenters. The predicted octanol–water partition coefficient (Wildman–Crippen LogP) is 3.34. The van der Waals surface area contributed by atoms with Gasteiger partial charge in [-0.2, -0.15) is 0 Å². The average molecular weight is 790 g/mol. The van der Waals surface area contributed by atoms with Crippen LogP contribution in [0.25, 0.3) is 0 Å². The summed E-state index contributed by atoms with van der Waals surface area (Å²) in [7, 11) is 0. The van der Waals surface area contributed by atoms with Gasteiger partial charge in [-0.25, -0.2) is 4.79 Å². The molecular formula is C42H59N7O8. The van der Waals surface area contributed by atoms with Crippen molar-refractivity contribution in [1.29, 1.82) is 0 Å². The van der Waals surface area contributed by atoms with Crippen LogP contribution in [0.15, 0.2) is 60.7 Å². The lowest BCUT2D eigenvalue weighted by Gasteiger charge is -2.39. The van der Waals surface area contributed by atoms with Crippen LogP contribution < -0.4 is 27.4 Å². The Kier molecular flexibility index (Phi) is 16.4. The molecule has 310 valence electrons. The second-order valence-corrected chi connectivity index (χ2v) is 15.9. The maximum absolute atomic E-state index is 14.4. The SMILES string of the molecule is CC(C)(C)OC(=O)N[C@H]1CN(C(=O)CCCCCCCC(N)=O)CC[C@H]2CC[C@@H](C(=O)N[C@@H](CCC(N)=O)C(=O)NC(c3ccccc3)c3ccccc3)N2C1=O. The number of hydrogen-bond donors (Lipinski definition) is 5. The summed E-state index contributed by atoms with van der Waals surface area (Å²) < 4.78 is 5.47. The molecule has 2 fully saturated rings. The number of primary amides is 2. The van der Waals surface area contributed by atoms with Crippen molar-refractivity contribution >= 4 is 41.5 Å². The third-order valence-corrected chi connectivity index (χ3v) is 10.2. The molecule has 2 aromatic rings. The number of benzene rings is 2. The average Bonchev–Trinajstić information content (AvgIpc) is 3.58. The van der Waals surface area contributed by atoms with Crippen LogP contribution in [-0.4, -0.2) is 94.2 Å². The first kappa shape index (κ1) is 44.2. The van der Waals surface area contributed by atoms with E-state index in [1.165, 1.54) is 4.90 Å². The number of nitrogens with two attached hydrogens (primary N) is 2. The third kappa shape index (κ3) is 13.9. The zero-order valence-corrected chi connectivity index (χ0v) is 33.4. The highest BCUT2D eigenvalue weighted by atomic mass is 16.6. The largest absolute Gasteiger partial charge is 0.444 e. The summed E-state index contributed by atoms with van der Waals surface area (Å²) >= 11 is 0. The Hall–Kier alpha value is -5.47. The summed E-state index contributed by atoms with van der Waals surface area (Å²) in [5.74, 6) is -2.76. The van der Waals surface area contributed by atoms with E-state index in [1.54, 1.807) is 25.7 Å². The standard InChI is InChI=1S/C42H59N7O8/c1-42(2,3)57-41(56)46-32-27-48(36(52)20-14-6-4-5-13-19-34(43)50)26-25-30-21-23-33(49(30)40(32)55)39(54)45-31(22-24-35(44)51)38(53)47-37(28-15-9-7-10-16-28)29-17-11-8-12-18-29/h7-12,15-18,30-33,37H,4-6,13-14,19-27H2,1-3H3,(H2,43,50)(H2,44,51)(H,45,54)(H,46,56)(H,47,53)/t30-,31+,32+,33+/m1/s1. The fraction of sp³-hybridized carbons (Fsp3) is 0.548. The number of nitrogens with one attached hydrogen (secondary N) is 3. The first-order chi connectivity index (χ1) is 27.1. The zero-order chi connectivity index (χ0) is 41.5. The topological polar surface area (TPSA) is 223 Å². The van der Waals surface area contributed by atoms with Crippen LogP contribution in [0.3, 0.4) is 0 Å². The van der Waals surface area contributed by atoms with Gasteiger partial charge in [-0.1, -0.05) is 79.9 Å². The Bertz CT molecular complexity index is 1660. The molecule has 2 aliphatic heterocycles. The summed E-state index contributed by atoms with van der Waals surface area (Å²) in [5.41, 5.74) is 11.5. The van der Waals surface area contributed by atoms with Gasteiger partial charge in [0.25, 0.3) is 0 Å². The fourth-order valence-electron chi connectivity index (χ4n) is 7.40. The van der Waals surface area contributed by atoms with Crippen molar-refractivity contribution in [3.05, 3.63) is 71.8 Å². The number of nitrogens with zero attached hydrogens (tertiary/aromatic N) is 2. The highest BCUT2D eigenvalue weighted by Gasteiger charge is 2.46. The van der Waals surface area contributed by atoms with Gasteiger partial charge in [0.2, 0.25) is 35.4 Å². The molecule has 15 nitrogen and oxygen atoms in total. The Labute approximate surface area is 335 Å². The first-order valence-corrected chi connectivity index (χ1v) is 20.0. The Balaban J connectivity index is 1.51. The number of alkyl carbamates (subject to hydrolysis) is 1. The van der Waals surface area contributed by atoms with Crippen LogP contribution >= 0.6 is 0 Å². The molecule has 0 saturated carbocycles. The monoisotopic (exact) mass is 789 g/mol. The van der Waals surface area contributed by atoms with E-state index in [1.807, 2.05) is 60.7 Å². The fourth-order valence-corrected chi connectivity index (χ4v) is 7.40. The molecule has 2 saturated heterocycles. The molecule has 2 aromatic carbocycles. The van der Waals surface area contributed by atoms with Crippen LogP contribution in [0.5, 0.6) is 0 Å². The maximum atomic E-state index is 14.4. The number of carbonyl (C=O) groups excluding carboxylic acids is 7. The minimum Gasteiger partial charge on any atom is -0.444 e. The summed E-state index contributed by atoms with van der Waals surface area (Å²) in [4.78, 5) is 95.1. The molecule has 4 rings (SSSR count). The summed E-state index contributed by atoms with van der Waals surface area (Å²) in [6.45, 7) is 5.27. The van der Waals surface area contributed by atoms with Crippen LogP contribution in [0.1, 0.15) is 115 Å². The van der Waals surface area contributed by atoms with Gasteiger partial charge in [-0.3, -0.25) is 28.8 Å². The van der Waals surface area contributed by atoms with Gasteiger partial charge in [0, 0.05) is 31.8 Å². The van der Waals surface area contributed by atoms with Crippen LogP contribution in [0.4, 0.5) is 4.79 Å². The van der Waals surface area contributed by atoms with Crippen molar-refractivity contribution in [3.63, 3.8) is 0 Å². The van der Waals surface area contributed by atoms with E-state index in [0.717, 1.165) is 30.4 Å². The maximum Gasteiger partial charge on any atom is 0.408 e. The van der Waals surface area contributed by atoms with Crippen molar-refractivity contribution < 1.29 is 38.3 Å². The predicted molar refractivity (Wildman–Crippen MR) is 213 cm³/mol. The van der Waals surface area contributed by atoms with Crippen LogP contribution in [-0.2, 0) is 33.5 Å². The number of amides is 7. The molecule has 15 heteroatoms. The smallest absolute Gasteiger partial charge is 0.408 e. The van der Waals surface area contributed by atoms with Gasteiger partial charge < -0.3 is 42.0 Å². The van der Waals surface area contributed by atoms with Crippen molar-refractivity contribution in [3.8, 4) is 0 Å². The summed E-state index contributed by atoms with van der Waals surface area (Å²) in [6, 6.07) is 14.4. The van der Waals surface area contributed by atoms with E-state index in [4.69, 9.17) is 16.2 Å². The number of ether oxygens (including phenoxy) is 1. The molecule has 57 heavy (non-hydrogen) atoms. The molecule has 7 N–H and O–H groups in total. The summed E-state index contributed by atoms with van der Waals surface area (Å²) in [5, 5.41) is 8.53. The van der Waals surface area contributed by atoms with E-state index in [2.05, 4.69) is 16.0 Å². The Morgan fingerprint density at radius 2 is 1.35 bits per heavy atom. The van der Waals surface area contributed by atoms with Gasteiger partial charge in [-0.05, 0) is 70.4 Å². The lowest BCUT2D eigenvalue weighted by atomic mass is 9.98. The molecule has 0 radical (unpaired) electrons. The number of hydrogen-bond acceptors (Lipinski definition) is 8. The Morgan fingerprint density at radius 3 is 1.93 bits per heavy atom. The molecule has 7 amide bonds. The second-order valence-electron chi connectivity index (χ2n) is 15.9. The highest BCUT2D eigenvalue weighted by molar-refractivity contribution is 5.95. The normalized spacial score (nSPS) is 18.8. The van der Waals surface area contributed by atoms with Gasteiger partial charge in [0.15, 0.2) is 0 Å². The van der Waals surface area contributed by atoms with E-state index < -0.39 is 65.5 Å². The first-order valence-electron chi connectivity index (χ1n) is 20.0. The van der Waals surface area contributed by atoms with E-state index >= 15 is 0 Å². The lowest BCUT2D eigenvalue weighted by Crippen LogP contribution is -2.62. The minimum atomic E-state index is -1.21. The number of fused-ring (bicyclic) bond motifs is 1. The van der Waals surface area contributed by atoms with Gasteiger partial charge >= 0.3 is 6.09 Å². The number of unbranched alkanes of at least 4 members (excludes halogenated alkanes) is 4. The number of carbonyl (C=O) groups is 7. The Morgan fingerprint density at radius 1 is 0.772 bits per heavy atom. The molecule has 0 spiro atoms. The van der Waals surface area contributed by atoms with E-state index in [9.17, 15) is 33.6 Å². The van der Waals surface area contributed by atoms with E-state index in [-0.39, 0.29) is 44.0 Å². The third-order valence-electron chi connectivity index (χ3n) is 10.2. The zero-order valence-electron chi connectivity index (χ0n) is 33.4. The van der Waals surface area contributed by atoms with Gasteiger partial charge in [-0.15, -0.1) is 0 Å². The molecule has 2 aliphatic rings. The summed E-state index contributed by atoms with van der Waals surface area (Å²) in [6.07, 6.45) is 4.49.